The molecule has 37 heavy (non-hydrogen) atoms. The molecule has 0 radical (unpaired) electrons. The summed E-state index contributed by atoms with van der Waals surface area (Å²) in [6, 6.07) is -0.833. The third-order valence-electron chi connectivity index (χ3n) is 10.1. The van der Waals surface area contributed by atoms with Gasteiger partial charge in [-0.1, -0.05) is 24.6 Å². The molecule has 0 aromatic carbocycles. The largest absolute Gasteiger partial charge is 0.467 e. The number of ether oxygens (including phenoxy) is 1. The van der Waals surface area contributed by atoms with E-state index >= 15 is 0 Å². The molecular weight excluding hydrogens is 472 g/mol. The summed E-state index contributed by atoms with van der Waals surface area (Å²) in [7, 11) is 1.29. The zero-order chi connectivity index (χ0) is 26.2. The monoisotopic (exact) mass is 512 g/mol. The highest BCUT2D eigenvalue weighted by atomic mass is 16.6. The maximum atomic E-state index is 12.4. The molecule has 0 spiro atoms. The van der Waals surface area contributed by atoms with Crippen molar-refractivity contribution in [2.45, 2.75) is 83.8 Å². The molecule has 7 unspecified atom stereocenters. The minimum absolute atomic E-state index is 0.0969. The first-order valence-corrected chi connectivity index (χ1v) is 13.7. The van der Waals surface area contributed by atoms with Crippen LogP contribution >= 0.6 is 0 Å². The summed E-state index contributed by atoms with van der Waals surface area (Å²) in [5, 5.41) is 17.6. The van der Waals surface area contributed by atoms with Gasteiger partial charge in [0, 0.05) is 18.3 Å². The first-order valence-electron chi connectivity index (χ1n) is 13.7. The summed E-state index contributed by atoms with van der Waals surface area (Å²) >= 11 is 0. The number of H-pyrrole nitrogens is 1. The zero-order valence-electron chi connectivity index (χ0n) is 22.2. The lowest BCUT2D eigenvalue weighted by Crippen LogP contribution is -2.51. The highest BCUT2D eigenvalue weighted by Crippen LogP contribution is 2.65. The van der Waals surface area contributed by atoms with Crippen molar-refractivity contribution in [1.29, 1.82) is 0 Å². The Balaban J connectivity index is 1.19. The molecule has 5 rings (SSSR count). The summed E-state index contributed by atoms with van der Waals surface area (Å²) in [5.74, 6) is 1.03. The fourth-order valence-electron chi connectivity index (χ4n) is 7.98. The molecule has 1 aromatic rings. The highest BCUT2D eigenvalue weighted by molar-refractivity contribution is 5.96. The summed E-state index contributed by atoms with van der Waals surface area (Å²) in [6.45, 7) is 4.48. The number of aliphatic hydroxyl groups is 1. The zero-order valence-corrected chi connectivity index (χ0v) is 22.2. The maximum absolute atomic E-state index is 12.4. The first-order chi connectivity index (χ1) is 17.7. The molecule has 3 fully saturated rings. The number of hydrogen-bond acceptors (Lipinski definition) is 7. The van der Waals surface area contributed by atoms with Gasteiger partial charge in [0.15, 0.2) is 6.61 Å². The molecule has 1 aromatic heterocycles. The van der Waals surface area contributed by atoms with Crippen LogP contribution in [0.5, 0.6) is 0 Å². The number of aromatic amines is 1. The number of oxime groups is 1. The van der Waals surface area contributed by atoms with E-state index in [1.807, 2.05) is 0 Å². The number of hydrogen-bond donors (Lipinski definition) is 3. The minimum Gasteiger partial charge on any atom is -0.467 e. The van der Waals surface area contributed by atoms with Crippen LogP contribution in [-0.2, 0) is 25.6 Å². The van der Waals surface area contributed by atoms with Crippen molar-refractivity contribution < 1.29 is 24.3 Å². The number of nitrogens with one attached hydrogen (secondary N) is 2. The number of allylic oxidation sites excluding steroid dienone is 2. The molecule has 3 saturated carbocycles. The van der Waals surface area contributed by atoms with E-state index in [0.29, 0.717) is 17.8 Å². The normalized spacial score (nSPS) is 36.5. The number of imidazole rings is 1. The van der Waals surface area contributed by atoms with Crippen molar-refractivity contribution in [2.24, 2.45) is 33.7 Å². The second kappa shape index (κ2) is 10.2. The van der Waals surface area contributed by atoms with Crippen LogP contribution in [0.1, 0.15) is 70.9 Å². The van der Waals surface area contributed by atoms with Gasteiger partial charge in [-0.15, -0.1) is 0 Å². The Morgan fingerprint density at radius 1 is 1.22 bits per heavy atom. The van der Waals surface area contributed by atoms with E-state index in [2.05, 4.69) is 40.4 Å². The second-order valence-corrected chi connectivity index (χ2v) is 11.9. The quantitative estimate of drug-likeness (QED) is 0.380. The third kappa shape index (κ3) is 4.82. The van der Waals surface area contributed by atoms with Gasteiger partial charge in [-0.2, -0.15) is 0 Å². The number of fused-ring (bicyclic) bond motifs is 5. The summed E-state index contributed by atoms with van der Waals surface area (Å²) in [6.07, 6.45) is 13.9. The molecule has 0 bridgehead atoms. The summed E-state index contributed by atoms with van der Waals surface area (Å²) in [5.41, 5.74) is 3.32. The maximum Gasteiger partial charge on any atom is 0.328 e. The van der Waals surface area contributed by atoms with Crippen molar-refractivity contribution in [1.82, 2.24) is 15.3 Å². The number of rotatable bonds is 7. The summed E-state index contributed by atoms with van der Waals surface area (Å²) in [4.78, 5) is 36.8. The van der Waals surface area contributed by atoms with Gasteiger partial charge in [-0.3, -0.25) is 4.79 Å². The summed E-state index contributed by atoms with van der Waals surface area (Å²) < 4.78 is 4.82. The van der Waals surface area contributed by atoms with Crippen molar-refractivity contribution in [2.75, 3.05) is 13.7 Å². The van der Waals surface area contributed by atoms with Gasteiger partial charge in [0.05, 0.1) is 25.3 Å². The van der Waals surface area contributed by atoms with Crippen LogP contribution in [0.2, 0.25) is 0 Å². The Kier molecular flexibility index (Phi) is 7.18. The first kappa shape index (κ1) is 25.9. The number of carbonyl (C=O) groups is 2. The van der Waals surface area contributed by atoms with Gasteiger partial charge in [-0.25, -0.2) is 9.78 Å². The number of esters is 1. The van der Waals surface area contributed by atoms with E-state index in [1.165, 1.54) is 31.9 Å². The van der Waals surface area contributed by atoms with Crippen molar-refractivity contribution in [3.8, 4) is 0 Å². The van der Waals surface area contributed by atoms with Gasteiger partial charge >= 0.3 is 5.97 Å². The van der Waals surface area contributed by atoms with Gasteiger partial charge in [0.2, 0.25) is 0 Å². The smallest absolute Gasteiger partial charge is 0.328 e. The van der Waals surface area contributed by atoms with E-state index in [-0.39, 0.29) is 30.0 Å². The van der Waals surface area contributed by atoms with Crippen LogP contribution < -0.4 is 5.32 Å². The molecule has 4 aliphatic rings. The average molecular weight is 513 g/mol. The number of aliphatic hydroxyl groups excluding tert-OH is 1. The fraction of sp³-hybridized carbons (Fsp3) is 0.714. The lowest BCUT2D eigenvalue weighted by molar-refractivity contribution is -0.145. The second-order valence-electron chi connectivity index (χ2n) is 11.9. The SMILES string of the molecule is COC(=O)C(Cc1cnc[nH]1)NC(=O)CON=C1C=C2CCC3C(CCC4(C)C(O)CCC34)C2(C)CC1. The van der Waals surface area contributed by atoms with Crippen LogP contribution in [-0.4, -0.2) is 58.5 Å². The molecule has 9 heteroatoms. The number of aromatic nitrogens is 2. The minimum atomic E-state index is -0.833. The molecule has 1 heterocycles. The topological polar surface area (TPSA) is 126 Å². The Morgan fingerprint density at radius 2 is 2.05 bits per heavy atom. The molecule has 7 atom stereocenters. The predicted octanol–water partition coefficient (Wildman–Crippen LogP) is 3.31. The molecule has 3 N–H and O–H groups in total. The molecule has 9 nitrogen and oxygen atoms in total. The van der Waals surface area contributed by atoms with Gasteiger partial charge in [0.1, 0.15) is 6.04 Å². The number of amides is 1. The molecule has 0 saturated heterocycles. The van der Waals surface area contributed by atoms with Crippen LogP contribution in [0, 0.1) is 28.6 Å². The Hall–Kier alpha value is -2.68. The molecule has 0 aliphatic heterocycles. The van der Waals surface area contributed by atoms with Gasteiger partial charge in [0.25, 0.3) is 5.91 Å². The van der Waals surface area contributed by atoms with E-state index in [4.69, 9.17) is 9.57 Å². The number of carbonyl (C=O) groups excluding carboxylic acids is 2. The van der Waals surface area contributed by atoms with E-state index < -0.39 is 17.9 Å². The molecule has 202 valence electrons. The number of nitrogens with zero attached hydrogens (tertiary/aromatic N) is 2. The molecule has 1 amide bonds. The Bertz CT molecular complexity index is 1070. The van der Waals surface area contributed by atoms with Gasteiger partial charge < -0.3 is 25.0 Å². The Labute approximate surface area is 218 Å². The van der Waals surface area contributed by atoms with Crippen LogP contribution in [0.3, 0.4) is 0 Å². The van der Waals surface area contributed by atoms with E-state index in [0.717, 1.165) is 49.9 Å². The lowest BCUT2D eigenvalue weighted by atomic mass is 9.47. The number of methoxy groups -OCH3 is 1. The molecule has 4 aliphatic carbocycles. The van der Waals surface area contributed by atoms with Crippen LogP contribution in [0.15, 0.2) is 29.3 Å². The Morgan fingerprint density at radius 3 is 2.81 bits per heavy atom. The predicted molar refractivity (Wildman–Crippen MR) is 137 cm³/mol. The lowest BCUT2D eigenvalue weighted by Gasteiger charge is -2.57. The van der Waals surface area contributed by atoms with Gasteiger partial charge in [-0.05, 0) is 86.0 Å². The highest BCUT2D eigenvalue weighted by Gasteiger charge is 2.58. The van der Waals surface area contributed by atoms with E-state index in [9.17, 15) is 14.7 Å². The van der Waals surface area contributed by atoms with Crippen molar-refractivity contribution in [3.05, 3.63) is 29.9 Å². The van der Waals surface area contributed by atoms with E-state index in [1.54, 1.807) is 6.20 Å². The van der Waals surface area contributed by atoms with Crippen molar-refractivity contribution >= 4 is 17.6 Å². The van der Waals surface area contributed by atoms with Crippen molar-refractivity contribution in [3.63, 3.8) is 0 Å². The molecular formula is C28H40N4O5. The third-order valence-corrected chi connectivity index (χ3v) is 10.1. The standard InChI is InChI=1S/C28H40N4O5/c1-27-10-8-18(32-37-15-25(34)31-23(26(35)36-3)13-19-14-29-16-30-19)12-17(27)4-5-20-21-6-7-24(33)28(21,2)11-9-22(20)27/h12,14,16,20-24,33H,4-11,13,15H2,1-3H3,(H,29,30)(H,31,34). The van der Waals surface area contributed by atoms with Crippen LogP contribution in [0.25, 0.3) is 0 Å². The average Bonchev–Trinajstić information content (AvgIpc) is 3.50. The van der Waals surface area contributed by atoms with Crippen LogP contribution in [0.4, 0.5) is 0 Å². The fourth-order valence-corrected chi connectivity index (χ4v) is 7.98.